The molecule has 26 heavy (non-hydrogen) atoms. The van der Waals surface area contributed by atoms with Crippen molar-refractivity contribution in [1.82, 2.24) is 19.8 Å². The van der Waals surface area contributed by atoms with Crippen LogP contribution in [0.1, 0.15) is 40.6 Å². The molecule has 0 bridgehead atoms. The van der Waals surface area contributed by atoms with Gasteiger partial charge in [-0.3, -0.25) is 9.48 Å². The van der Waals surface area contributed by atoms with Gasteiger partial charge in [0.05, 0.1) is 28.6 Å². The molecule has 1 aliphatic heterocycles. The highest BCUT2D eigenvalue weighted by Crippen LogP contribution is 2.38. The molecule has 3 aromatic rings. The Hall–Kier alpha value is -2.96. The van der Waals surface area contributed by atoms with Gasteiger partial charge in [-0.1, -0.05) is 17.3 Å². The Kier molecular flexibility index (Phi) is 4.06. The van der Waals surface area contributed by atoms with Crippen LogP contribution in [0.5, 0.6) is 0 Å². The monoisotopic (exact) mass is 354 g/mol. The maximum atomic E-state index is 14.1. The summed E-state index contributed by atoms with van der Waals surface area (Å²) in [6, 6.07) is 7.71. The predicted molar refractivity (Wildman–Crippen MR) is 92.9 cm³/mol. The van der Waals surface area contributed by atoms with Crippen molar-refractivity contribution in [2.24, 2.45) is 7.05 Å². The first kappa shape index (κ1) is 16.5. The first-order valence-electron chi connectivity index (χ1n) is 8.57. The number of benzene rings is 1. The number of amides is 1. The van der Waals surface area contributed by atoms with Gasteiger partial charge in [-0.2, -0.15) is 5.10 Å². The van der Waals surface area contributed by atoms with E-state index in [1.807, 2.05) is 26.2 Å². The van der Waals surface area contributed by atoms with E-state index in [1.165, 1.54) is 12.1 Å². The number of hydrogen-bond donors (Lipinski definition) is 0. The Morgan fingerprint density at radius 2 is 2.15 bits per heavy atom. The Bertz CT molecular complexity index is 962. The highest BCUT2D eigenvalue weighted by molar-refractivity contribution is 5.95. The lowest BCUT2D eigenvalue weighted by atomic mass is 10.0. The van der Waals surface area contributed by atoms with Crippen molar-refractivity contribution in [2.75, 3.05) is 6.54 Å². The third-order valence-electron chi connectivity index (χ3n) is 4.68. The lowest BCUT2D eigenvalue weighted by Crippen LogP contribution is -2.31. The normalized spacial score (nSPS) is 17.0. The van der Waals surface area contributed by atoms with E-state index < -0.39 is 5.82 Å². The molecule has 1 aliphatic rings. The first-order valence-corrected chi connectivity index (χ1v) is 8.57. The fraction of sp³-hybridized carbons (Fsp3) is 0.316. The summed E-state index contributed by atoms with van der Waals surface area (Å²) in [4.78, 5) is 14.6. The molecule has 0 spiro atoms. The van der Waals surface area contributed by atoms with Crippen LogP contribution in [0.15, 0.2) is 41.1 Å². The number of carbonyl (C=O) groups is 1. The average Bonchev–Trinajstić information content (AvgIpc) is 3.33. The number of carbonyl (C=O) groups excluding carboxylic acids is 1. The molecule has 2 aromatic heterocycles. The van der Waals surface area contributed by atoms with Crippen LogP contribution < -0.4 is 0 Å². The lowest BCUT2D eigenvalue weighted by molar-refractivity contribution is 0.0728. The van der Waals surface area contributed by atoms with Gasteiger partial charge in [-0.25, -0.2) is 4.39 Å². The quantitative estimate of drug-likeness (QED) is 0.722. The zero-order valence-electron chi connectivity index (χ0n) is 14.6. The summed E-state index contributed by atoms with van der Waals surface area (Å²) >= 11 is 0. The molecule has 1 unspecified atom stereocenters. The largest absolute Gasteiger partial charge is 0.356 e. The Balaban J connectivity index is 1.72. The van der Waals surface area contributed by atoms with Gasteiger partial charge in [0.15, 0.2) is 5.76 Å². The second-order valence-corrected chi connectivity index (χ2v) is 6.57. The molecule has 1 atom stereocenters. The highest BCUT2D eigenvalue weighted by atomic mass is 19.1. The van der Waals surface area contributed by atoms with E-state index in [0.29, 0.717) is 12.3 Å². The molecule has 1 fully saturated rings. The molecule has 1 saturated heterocycles. The van der Waals surface area contributed by atoms with Gasteiger partial charge < -0.3 is 9.42 Å². The first-order chi connectivity index (χ1) is 12.5. The van der Waals surface area contributed by atoms with E-state index in [4.69, 9.17) is 4.52 Å². The van der Waals surface area contributed by atoms with Crippen molar-refractivity contribution in [1.29, 1.82) is 0 Å². The van der Waals surface area contributed by atoms with E-state index in [2.05, 4.69) is 10.3 Å². The summed E-state index contributed by atoms with van der Waals surface area (Å²) in [5.41, 5.74) is 2.44. The summed E-state index contributed by atoms with van der Waals surface area (Å²) in [6.07, 6.45) is 3.48. The number of aromatic nitrogens is 3. The standard InChI is InChI=1S/C19H19FN4O2/c1-12-10-17(26-22-12)14-11-23(2)21-18(14)16-8-5-9-24(16)19(25)13-6-3-4-7-15(13)20/h3-4,6-7,10-11,16H,5,8-9H2,1-2H3. The molecule has 134 valence electrons. The summed E-state index contributed by atoms with van der Waals surface area (Å²) in [7, 11) is 1.83. The summed E-state index contributed by atoms with van der Waals surface area (Å²) in [5, 5.41) is 8.51. The van der Waals surface area contributed by atoms with Crippen LogP contribution in [-0.4, -0.2) is 32.3 Å². The minimum Gasteiger partial charge on any atom is -0.356 e. The van der Waals surface area contributed by atoms with E-state index in [-0.39, 0.29) is 17.5 Å². The van der Waals surface area contributed by atoms with Gasteiger partial charge in [0.25, 0.3) is 5.91 Å². The van der Waals surface area contributed by atoms with Gasteiger partial charge in [0, 0.05) is 25.9 Å². The van der Waals surface area contributed by atoms with Crippen LogP contribution >= 0.6 is 0 Å². The van der Waals surface area contributed by atoms with E-state index in [0.717, 1.165) is 29.8 Å². The number of nitrogens with zero attached hydrogens (tertiary/aromatic N) is 4. The van der Waals surface area contributed by atoms with E-state index in [9.17, 15) is 9.18 Å². The van der Waals surface area contributed by atoms with Gasteiger partial charge in [0.1, 0.15) is 5.82 Å². The second-order valence-electron chi connectivity index (χ2n) is 6.57. The number of rotatable bonds is 3. The van der Waals surface area contributed by atoms with Gasteiger partial charge in [-0.15, -0.1) is 0 Å². The molecule has 0 aliphatic carbocycles. The molecule has 0 N–H and O–H groups in total. The Morgan fingerprint density at radius 3 is 2.88 bits per heavy atom. The van der Waals surface area contributed by atoms with E-state index >= 15 is 0 Å². The van der Waals surface area contributed by atoms with Gasteiger partial charge in [-0.05, 0) is 31.9 Å². The van der Waals surface area contributed by atoms with Crippen molar-refractivity contribution in [2.45, 2.75) is 25.8 Å². The minimum absolute atomic E-state index is 0.0902. The topological polar surface area (TPSA) is 64.2 Å². The molecule has 1 aromatic carbocycles. The second kappa shape index (κ2) is 6.40. The fourth-order valence-electron chi connectivity index (χ4n) is 3.52. The predicted octanol–water partition coefficient (Wildman–Crippen LogP) is 3.50. The molecule has 1 amide bonds. The van der Waals surface area contributed by atoms with Crippen molar-refractivity contribution in [3.8, 4) is 11.3 Å². The molecular formula is C19H19FN4O2. The van der Waals surface area contributed by atoms with Crippen LogP contribution in [0.3, 0.4) is 0 Å². The Morgan fingerprint density at radius 1 is 1.35 bits per heavy atom. The van der Waals surface area contributed by atoms with Crippen LogP contribution in [0, 0.1) is 12.7 Å². The fourth-order valence-corrected chi connectivity index (χ4v) is 3.52. The smallest absolute Gasteiger partial charge is 0.257 e. The maximum Gasteiger partial charge on any atom is 0.257 e. The van der Waals surface area contributed by atoms with E-state index in [1.54, 1.807) is 21.7 Å². The number of likely N-dealkylation sites (tertiary alicyclic amines) is 1. The average molecular weight is 354 g/mol. The zero-order chi connectivity index (χ0) is 18.3. The van der Waals surface area contributed by atoms with Gasteiger partial charge in [0.2, 0.25) is 0 Å². The van der Waals surface area contributed by atoms with Crippen molar-refractivity contribution >= 4 is 5.91 Å². The number of halogens is 1. The summed E-state index contributed by atoms with van der Waals surface area (Å²) in [5.74, 6) is -0.193. The maximum absolute atomic E-state index is 14.1. The van der Waals surface area contributed by atoms with Crippen molar-refractivity contribution in [3.05, 3.63) is 59.3 Å². The van der Waals surface area contributed by atoms with Crippen LogP contribution in [0.25, 0.3) is 11.3 Å². The minimum atomic E-state index is -0.504. The molecule has 0 radical (unpaired) electrons. The molecule has 6 nitrogen and oxygen atoms in total. The summed E-state index contributed by atoms with van der Waals surface area (Å²) < 4.78 is 21.2. The zero-order valence-corrected chi connectivity index (χ0v) is 14.6. The summed E-state index contributed by atoms with van der Waals surface area (Å²) in [6.45, 7) is 2.43. The molecular weight excluding hydrogens is 335 g/mol. The van der Waals surface area contributed by atoms with Crippen LogP contribution in [-0.2, 0) is 7.05 Å². The Labute approximate surface area is 150 Å². The lowest BCUT2D eigenvalue weighted by Gasteiger charge is -2.24. The van der Waals surface area contributed by atoms with Crippen molar-refractivity contribution in [3.63, 3.8) is 0 Å². The molecule has 0 saturated carbocycles. The molecule has 7 heteroatoms. The van der Waals surface area contributed by atoms with Gasteiger partial charge >= 0.3 is 0 Å². The van der Waals surface area contributed by atoms with Crippen molar-refractivity contribution < 1.29 is 13.7 Å². The number of hydrogen-bond acceptors (Lipinski definition) is 4. The molecule has 3 heterocycles. The van der Waals surface area contributed by atoms with Crippen LogP contribution in [0.4, 0.5) is 4.39 Å². The SMILES string of the molecule is Cc1cc(-c2cn(C)nc2C2CCCN2C(=O)c2ccccc2F)on1. The van der Waals surface area contributed by atoms with Crippen LogP contribution in [0.2, 0.25) is 0 Å². The third kappa shape index (κ3) is 2.79. The number of aryl methyl sites for hydroxylation is 2. The highest BCUT2D eigenvalue weighted by Gasteiger charge is 2.35. The molecule has 4 rings (SSSR count). The third-order valence-corrected chi connectivity index (χ3v) is 4.68.